The Kier molecular flexibility index (Phi) is 3.93. The molecule has 2 nitrogen and oxygen atoms in total. The van der Waals surface area contributed by atoms with Crippen LogP contribution in [0.25, 0.3) is 0 Å². The van der Waals surface area contributed by atoms with Crippen LogP contribution in [0.3, 0.4) is 0 Å². The van der Waals surface area contributed by atoms with Gasteiger partial charge < -0.3 is 9.53 Å². The van der Waals surface area contributed by atoms with E-state index in [0.29, 0.717) is 5.75 Å². The third-order valence-corrected chi connectivity index (χ3v) is 2.25. The van der Waals surface area contributed by atoms with Gasteiger partial charge in [0.2, 0.25) is 0 Å². The molecule has 0 aliphatic heterocycles. The fraction of sp³-hybridized carbons (Fsp3) is 0.364. The summed E-state index contributed by atoms with van der Waals surface area (Å²) in [4.78, 5) is 10.2. The molecule has 0 saturated heterocycles. The molecule has 0 heterocycles. The number of benzene rings is 1. The van der Waals surface area contributed by atoms with E-state index in [4.69, 9.17) is 4.74 Å². The van der Waals surface area contributed by atoms with E-state index in [-0.39, 0.29) is 11.8 Å². The average molecular weight is 232 g/mol. The van der Waals surface area contributed by atoms with Crippen molar-refractivity contribution in [3.05, 3.63) is 29.8 Å². The van der Waals surface area contributed by atoms with Crippen molar-refractivity contribution in [3.63, 3.8) is 0 Å². The number of hydrogen-bond donors (Lipinski definition) is 0. The second kappa shape index (κ2) is 5.01. The zero-order valence-corrected chi connectivity index (χ0v) is 8.62. The SMILES string of the molecule is COc1ccc(C(CC=O)C(F)(F)F)cc1. The number of halogens is 3. The molecule has 1 aromatic rings. The van der Waals surface area contributed by atoms with Gasteiger partial charge >= 0.3 is 6.18 Å². The van der Waals surface area contributed by atoms with Gasteiger partial charge in [0, 0.05) is 6.42 Å². The van der Waals surface area contributed by atoms with Crippen molar-refractivity contribution in [2.75, 3.05) is 7.11 Å². The quantitative estimate of drug-likeness (QED) is 0.746. The highest BCUT2D eigenvalue weighted by atomic mass is 19.4. The maximum atomic E-state index is 12.6. The minimum atomic E-state index is -4.41. The van der Waals surface area contributed by atoms with Crippen LogP contribution in [-0.4, -0.2) is 19.6 Å². The van der Waals surface area contributed by atoms with E-state index in [1.165, 1.54) is 31.4 Å². The molecule has 1 aromatic carbocycles. The van der Waals surface area contributed by atoms with E-state index in [2.05, 4.69) is 0 Å². The van der Waals surface area contributed by atoms with Gasteiger partial charge in [-0.15, -0.1) is 0 Å². The minimum Gasteiger partial charge on any atom is -0.497 e. The van der Waals surface area contributed by atoms with Crippen LogP contribution < -0.4 is 4.74 Å². The van der Waals surface area contributed by atoms with Crippen LogP contribution >= 0.6 is 0 Å². The molecule has 5 heteroatoms. The van der Waals surface area contributed by atoms with Crippen LogP contribution in [0, 0.1) is 0 Å². The fourth-order valence-electron chi connectivity index (χ4n) is 1.39. The highest BCUT2D eigenvalue weighted by Crippen LogP contribution is 2.37. The summed E-state index contributed by atoms with van der Waals surface area (Å²) in [5, 5.41) is 0. The summed E-state index contributed by atoms with van der Waals surface area (Å²) < 4.78 is 42.6. The number of methoxy groups -OCH3 is 1. The van der Waals surface area contributed by atoms with Gasteiger partial charge in [0.15, 0.2) is 0 Å². The van der Waals surface area contributed by atoms with Crippen molar-refractivity contribution < 1.29 is 22.7 Å². The Labute approximate surface area is 91.0 Å². The van der Waals surface area contributed by atoms with Crippen LogP contribution in [0.1, 0.15) is 17.9 Å². The average Bonchev–Trinajstić information content (AvgIpc) is 2.25. The van der Waals surface area contributed by atoms with E-state index in [1.54, 1.807) is 0 Å². The molecule has 0 aromatic heterocycles. The van der Waals surface area contributed by atoms with Crippen molar-refractivity contribution >= 4 is 6.29 Å². The van der Waals surface area contributed by atoms with Crippen molar-refractivity contribution in [2.24, 2.45) is 0 Å². The lowest BCUT2D eigenvalue weighted by Crippen LogP contribution is -2.21. The first kappa shape index (κ1) is 12.5. The van der Waals surface area contributed by atoms with E-state index >= 15 is 0 Å². The van der Waals surface area contributed by atoms with Crippen molar-refractivity contribution in [1.82, 2.24) is 0 Å². The van der Waals surface area contributed by atoms with Crippen molar-refractivity contribution in [3.8, 4) is 5.75 Å². The van der Waals surface area contributed by atoms with Crippen LogP contribution in [-0.2, 0) is 4.79 Å². The predicted molar refractivity (Wildman–Crippen MR) is 52.5 cm³/mol. The summed E-state index contributed by atoms with van der Waals surface area (Å²) in [5.41, 5.74) is 0.0698. The van der Waals surface area contributed by atoms with Crippen LogP contribution in [0.5, 0.6) is 5.75 Å². The Bertz CT molecular complexity index is 343. The molecular weight excluding hydrogens is 221 g/mol. The lowest BCUT2D eigenvalue weighted by molar-refractivity contribution is -0.154. The Morgan fingerprint density at radius 1 is 1.31 bits per heavy atom. The second-order valence-corrected chi connectivity index (χ2v) is 3.27. The Balaban J connectivity index is 2.97. The summed E-state index contributed by atoms with van der Waals surface area (Å²) in [7, 11) is 1.43. The number of rotatable bonds is 4. The Morgan fingerprint density at radius 2 is 1.88 bits per heavy atom. The van der Waals surface area contributed by atoms with Crippen LogP contribution in [0.4, 0.5) is 13.2 Å². The highest BCUT2D eigenvalue weighted by Gasteiger charge is 2.40. The predicted octanol–water partition coefficient (Wildman–Crippen LogP) is 2.93. The molecule has 0 bridgehead atoms. The summed E-state index contributed by atoms with van der Waals surface area (Å²) in [5.74, 6) is -1.26. The number of carbonyl (C=O) groups excluding carboxylic acids is 1. The molecule has 1 rings (SSSR count). The van der Waals surface area contributed by atoms with E-state index in [0.717, 1.165) is 0 Å². The lowest BCUT2D eigenvalue weighted by atomic mass is 9.96. The molecule has 0 radical (unpaired) electrons. The minimum absolute atomic E-state index is 0.0698. The number of aldehydes is 1. The molecule has 0 amide bonds. The monoisotopic (exact) mass is 232 g/mol. The zero-order valence-electron chi connectivity index (χ0n) is 8.62. The van der Waals surface area contributed by atoms with Gasteiger partial charge in [-0.05, 0) is 17.7 Å². The summed E-state index contributed by atoms with van der Waals surface area (Å²) in [6.07, 6.45) is -4.69. The second-order valence-electron chi connectivity index (χ2n) is 3.27. The number of ether oxygens (including phenoxy) is 1. The molecular formula is C11H11F3O2. The fourth-order valence-corrected chi connectivity index (χ4v) is 1.39. The van der Waals surface area contributed by atoms with E-state index in [9.17, 15) is 18.0 Å². The zero-order chi connectivity index (χ0) is 12.2. The first-order valence-corrected chi connectivity index (χ1v) is 4.63. The molecule has 1 unspecified atom stereocenters. The van der Waals surface area contributed by atoms with E-state index < -0.39 is 18.5 Å². The Hall–Kier alpha value is -1.52. The van der Waals surface area contributed by atoms with Gasteiger partial charge in [0.05, 0.1) is 13.0 Å². The standard InChI is InChI=1S/C11H11F3O2/c1-16-9-4-2-8(3-5-9)10(6-7-15)11(12,13)14/h2-5,7,10H,6H2,1H3. The Morgan fingerprint density at radius 3 is 2.25 bits per heavy atom. The molecule has 16 heavy (non-hydrogen) atoms. The summed E-state index contributed by atoms with van der Waals surface area (Å²) >= 11 is 0. The van der Waals surface area contributed by atoms with E-state index in [1.807, 2.05) is 0 Å². The molecule has 0 saturated carbocycles. The normalized spacial score (nSPS) is 13.2. The smallest absolute Gasteiger partial charge is 0.396 e. The van der Waals surface area contributed by atoms with Crippen LogP contribution in [0.15, 0.2) is 24.3 Å². The third kappa shape index (κ3) is 2.98. The first-order chi connectivity index (χ1) is 7.49. The molecule has 0 spiro atoms. The topological polar surface area (TPSA) is 26.3 Å². The van der Waals surface area contributed by atoms with Gasteiger partial charge in [0.25, 0.3) is 0 Å². The van der Waals surface area contributed by atoms with Crippen molar-refractivity contribution in [2.45, 2.75) is 18.5 Å². The maximum absolute atomic E-state index is 12.6. The number of hydrogen-bond acceptors (Lipinski definition) is 2. The molecule has 0 N–H and O–H groups in total. The van der Waals surface area contributed by atoms with Gasteiger partial charge in [-0.3, -0.25) is 0 Å². The third-order valence-electron chi connectivity index (χ3n) is 2.25. The van der Waals surface area contributed by atoms with Crippen molar-refractivity contribution in [1.29, 1.82) is 0 Å². The molecule has 0 aliphatic carbocycles. The summed E-state index contributed by atoms with van der Waals surface area (Å²) in [6, 6.07) is 5.53. The molecule has 0 fully saturated rings. The van der Waals surface area contributed by atoms with Gasteiger partial charge in [-0.25, -0.2) is 0 Å². The molecule has 88 valence electrons. The van der Waals surface area contributed by atoms with Gasteiger partial charge in [-0.2, -0.15) is 13.2 Å². The highest BCUT2D eigenvalue weighted by molar-refractivity contribution is 5.52. The molecule has 1 atom stereocenters. The number of carbonyl (C=O) groups is 1. The van der Waals surface area contributed by atoms with Gasteiger partial charge in [0.1, 0.15) is 12.0 Å². The summed E-state index contributed by atoms with van der Waals surface area (Å²) in [6.45, 7) is 0. The number of alkyl halides is 3. The lowest BCUT2D eigenvalue weighted by Gasteiger charge is -2.18. The maximum Gasteiger partial charge on any atom is 0.396 e. The van der Waals surface area contributed by atoms with Crippen LogP contribution in [0.2, 0.25) is 0 Å². The largest absolute Gasteiger partial charge is 0.497 e. The van der Waals surface area contributed by atoms with Gasteiger partial charge in [-0.1, -0.05) is 12.1 Å². The first-order valence-electron chi connectivity index (χ1n) is 4.63. The molecule has 0 aliphatic rings.